The van der Waals surface area contributed by atoms with Crippen LogP contribution >= 0.6 is 0 Å². The first-order chi connectivity index (χ1) is 6.17. The van der Waals surface area contributed by atoms with Crippen molar-refractivity contribution in [2.24, 2.45) is 0 Å². The van der Waals surface area contributed by atoms with E-state index in [1.165, 1.54) is 0 Å². The van der Waals surface area contributed by atoms with Crippen molar-refractivity contribution in [3.63, 3.8) is 0 Å². The molecule has 0 unspecified atom stereocenters. The largest absolute Gasteiger partial charge is 0.394 e. The van der Waals surface area contributed by atoms with Crippen LogP contribution in [0.5, 0.6) is 0 Å². The Hall–Kier alpha value is -0.120. The first-order valence-corrected chi connectivity index (χ1v) is 5.17. The summed E-state index contributed by atoms with van der Waals surface area (Å²) < 4.78 is 0. The minimum atomic E-state index is -0.489. The number of nitrogens with one attached hydrogen (secondary N) is 1. The predicted molar refractivity (Wildman–Crippen MR) is 54.7 cm³/mol. The van der Waals surface area contributed by atoms with Gasteiger partial charge in [0.2, 0.25) is 0 Å². The normalized spacial score (nSPS) is 12.5. The summed E-state index contributed by atoms with van der Waals surface area (Å²) in [6, 6.07) is 0.388. The first kappa shape index (κ1) is 12.9. The highest BCUT2D eigenvalue weighted by atomic mass is 16.3. The van der Waals surface area contributed by atoms with Crippen LogP contribution in [-0.4, -0.2) is 35.0 Å². The van der Waals surface area contributed by atoms with Crippen molar-refractivity contribution in [2.75, 3.05) is 13.2 Å². The second-order valence-corrected chi connectivity index (χ2v) is 3.61. The molecule has 0 amide bonds. The Morgan fingerprint density at radius 3 is 1.77 bits per heavy atom. The van der Waals surface area contributed by atoms with Crippen LogP contribution in [-0.2, 0) is 0 Å². The van der Waals surface area contributed by atoms with Crippen molar-refractivity contribution < 1.29 is 10.2 Å². The van der Waals surface area contributed by atoms with Crippen molar-refractivity contribution in [1.29, 1.82) is 0 Å². The topological polar surface area (TPSA) is 52.5 Å². The molecule has 3 heteroatoms. The Balaban J connectivity index is 4.21. The molecule has 0 aliphatic carbocycles. The molecule has 0 bridgehead atoms. The van der Waals surface area contributed by atoms with E-state index >= 15 is 0 Å². The van der Waals surface area contributed by atoms with Crippen LogP contribution in [0.2, 0.25) is 0 Å². The highest BCUT2D eigenvalue weighted by molar-refractivity contribution is 4.88. The van der Waals surface area contributed by atoms with Gasteiger partial charge in [-0.05, 0) is 19.3 Å². The summed E-state index contributed by atoms with van der Waals surface area (Å²) in [5.41, 5.74) is -0.489. The maximum absolute atomic E-state index is 9.19. The molecule has 80 valence electrons. The van der Waals surface area contributed by atoms with Crippen LogP contribution in [0, 0.1) is 0 Å². The molecule has 0 radical (unpaired) electrons. The van der Waals surface area contributed by atoms with Gasteiger partial charge in [-0.3, -0.25) is 0 Å². The average molecular weight is 189 g/mol. The summed E-state index contributed by atoms with van der Waals surface area (Å²) in [5, 5.41) is 21.7. The van der Waals surface area contributed by atoms with Crippen LogP contribution in [0.1, 0.15) is 40.0 Å². The maximum atomic E-state index is 9.19. The van der Waals surface area contributed by atoms with Crippen LogP contribution in [0.25, 0.3) is 0 Å². The second kappa shape index (κ2) is 6.35. The molecule has 13 heavy (non-hydrogen) atoms. The number of hydrogen-bond donors (Lipinski definition) is 3. The zero-order chi connectivity index (χ0) is 10.3. The van der Waals surface area contributed by atoms with Gasteiger partial charge in [-0.15, -0.1) is 0 Å². The van der Waals surface area contributed by atoms with Crippen molar-refractivity contribution in [3.8, 4) is 0 Å². The molecule has 0 atom stereocenters. The minimum absolute atomic E-state index is 0.00347. The van der Waals surface area contributed by atoms with Crippen LogP contribution in [0.15, 0.2) is 0 Å². The van der Waals surface area contributed by atoms with Crippen LogP contribution in [0.4, 0.5) is 0 Å². The first-order valence-electron chi connectivity index (χ1n) is 5.17. The van der Waals surface area contributed by atoms with Crippen LogP contribution < -0.4 is 5.32 Å². The monoisotopic (exact) mass is 189 g/mol. The molecule has 0 aromatic rings. The van der Waals surface area contributed by atoms with E-state index in [1.807, 2.05) is 6.92 Å². The van der Waals surface area contributed by atoms with Gasteiger partial charge < -0.3 is 15.5 Å². The van der Waals surface area contributed by atoms with E-state index in [4.69, 9.17) is 0 Å². The van der Waals surface area contributed by atoms with Gasteiger partial charge in [-0.2, -0.15) is 0 Å². The lowest BCUT2D eigenvalue weighted by Gasteiger charge is -2.34. The van der Waals surface area contributed by atoms with Gasteiger partial charge in [-0.25, -0.2) is 0 Å². The summed E-state index contributed by atoms with van der Waals surface area (Å²) >= 11 is 0. The van der Waals surface area contributed by atoms with Gasteiger partial charge in [0.25, 0.3) is 0 Å². The molecule has 0 saturated carbocycles. The molecule has 0 aromatic carbocycles. The Labute approximate surface area is 81.2 Å². The predicted octanol–water partition coefficient (Wildman–Crippen LogP) is 0.898. The average Bonchev–Trinajstić information content (AvgIpc) is 2.21. The van der Waals surface area contributed by atoms with E-state index in [2.05, 4.69) is 19.2 Å². The van der Waals surface area contributed by atoms with Crippen molar-refractivity contribution in [2.45, 2.75) is 51.6 Å². The standard InChI is InChI=1S/C10H23NO2/c1-4-9(5-2)11-10(6-3,7-12)8-13/h9,11-13H,4-8H2,1-3H3. The van der Waals surface area contributed by atoms with Crippen molar-refractivity contribution in [3.05, 3.63) is 0 Å². The van der Waals surface area contributed by atoms with E-state index in [0.717, 1.165) is 19.3 Å². The van der Waals surface area contributed by atoms with Gasteiger partial charge in [0.1, 0.15) is 0 Å². The quantitative estimate of drug-likeness (QED) is 0.557. The number of aliphatic hydroxyl groups is 2. The zero-order valence-electron chi connectivity index (χ0n) is 9.01. The van der Waals surface area contributed by atoms with Gasteiger partial charge in [0.15, 0.2) is 0 Å². The molecule has 0 aromatic heterocycles. The molecule has 0 saturated heterocycles. The fourth-order valence-electron chi connectivity index (χ4n) is 1.39. The third-order valence-corrected chi connectivity index (χ3v) is 2.78. The smallest absolute Gasteiger partial charge is 0.0647 e. The number of rotatable bonds is 7. The highest BCUT2D eigenvalue weighted by Crippen LogP contribution is 2.12. The summed E-state index contributed by atoms with van der Waals surface area (Å²) in [6.07, 6.45) is 2.80. The van der Waals surface area contributed by atoms with E-state index < -0.39 is 5.54 Å². The van der Waals surface area contributed by atoms with E-state index in [1.54, 1.807) is 0 Å². The molecule has 0 rings (SSSR count). The Bertz CT molecular complexity index is 112. The highest BCUT2D eigenvalue weighted by Gasteiger charge is 2.27. The Morgan fingerprint density at radius 2 is 1.54 bits per heavy atom. The molecule has 0 heterocycles. The molecule has 0 aliphatic rings. The zero-order valence-corrected chi connectivity index (χ0v) is 9.01. The van der Waals surface area contributed by atoms with Gasteiger partial charge in [0.05, 0.1) is 18.8 Å². The van der Waals surface area contributed by atoms with E-state index in [0.29, 0.717) is 6.04 Å². The molecule has 0 fully saturated rings. The molecule has 3 N–H and O–H groups in total. The third kappa shape index (κ3) is 3.63. The van der Waals surface area contributed by atoms with Gasteiger partial charge in [-0.1, -0.05) is 20.8 Å². The molecule has 0 aliphatic heterocycles. The number of aliphatic hydroxyl groups excluding tert-OH is 2. The fourth-order valence-corrected chi connectivity index (χ4v) is 1.39. The van der Waals surface area contributed by atoms with Gasteiger partial charge >= 0.3 is 0 Å². The summed E-state index contributed by atoms with van der Waals surface area (Å²) in [7, 11) is 0. The maximum Gasteiger partial charge on any atom is 0.0647 e. The number of hydrogen-bond acceptors (Lipinski definition) is 3. The van der Waals surface area contributed by atoms with E-state index in [-0.39, 0.29) is 13.2 Å². The lowest BCUT2D eigenvalue weighted by molar-refractivity contribution is 0.0764. The molecular formula is C10H23NO2. The molecular weight excluding hydrogens is 166 g/mol. The van der Waals surface area contributed by atoms with Crippen molar-refractivity contribution >= 4 is 0 Å². The minimum Gasteiger partial charge on any atom is -0.394 e. The van der Waals surface area contributed by atoms with Crippen molar-refractivity contribution in [1.82, 2.24) is 5.32 Å². The van der Waals surface area contributed by atoms with Gasteiger partial charge in [0, 0.05) is 6.04 Å². The second-order valence-electron chi connectivity index (χ2n) is 3.61. The van der Waals surface area contributed by atoms with E-state index in [9.17, 15) is 10.2 Å². The molecule has 3 nitrogen and oxygen atoms in total. The van der Waals surface area contributed by atoms with Crippen LogP contribution in [0.3, 0.4) is 0 Å². The Kier molecular flexibility index (Phi) is 6.29. The Morgan fingerprint density at radius 1 is 1.08 bits per heavy atom. The lowest BCUT2D eigenvalue weighted by atomic mass is 9.96. The molecule has 0 spiro atoms. The summed E-state index contributed by atoms with van der Waals surface area (Å²) in [4.78, 5) is 0. The third-order valence-electron chi connectivity index (χ3n) is 2.78. The SMILES string of the molecule is CCC(CC)NC(CC)(CO)CO. The lowest BCUT2D eigenvalue weighted by Crippen LogP contribution is -2.55. The summed E-state index contributed by atoms with van der Waals surface area (Å²) in [5.74, 6) is 0. The fraction of sp³-hybridized carbons (Fsp3) is 1.00. The summed E-state index contributed by atoms with van der Waals surface area (Å²) in [6.45, 7) is 6.18.